The number of likely N-dealkylation sites (tertiary alicyclic amines) is 1. The predicted molar refractivity (Wildman–Crippen MR) is 121 cm³/mol. The Balaban J connectivity index is 1.90. The van der Waals surface area contributed by atoms with Crippen LogP contribution in [0.5, 0.6) is 5.75 Å². The van der Waals surface area contributed by atoms with E-state index in [9.17, 15) is 14.4 Å². The van der Waals surface area contributed by atoms with E-state index in [0.717, 1.165) is 33.2 Å². The molecule has 2 heterocycles. The van der Waals surface area contributed by atoms with Gasteiger partial charge in [-0.3, -0.25) is 14.2 Å². The Morgan fingerprint density at radius 2 is 1.72 bits per heavy atom. The molecular formula is C24H26N4O4. The summed E-state index contributed by atoms with van der Waals surface area (Å²) in [6, 6.07) is 12.7. The first-order chi connectivity index (χ1) is 15.4. The summed E-state index contributed by atoms with van der Waals surface area (Å²) in [5.41, 5.74) is 1.60. The number of rotatable bonds is 5. The topological polar surface area (TPSA) is 86.4 Å². The molecule has 166 valence electrons. The monoisotopic (exact) mass is 434 g/mol. The van der Waals surface area contributed by atoms with Gasteiger partial charge in [0.05, 0.1) is 19.3 Å². The lowest BCUT2D eigenvalue weighted by Crippen LogP contribution is -2.46. The standard InChI is InChI=1S/C24H26N4O4/c1-16-11-17(2)13-19(12-16)28-24(31)27(15-18-7-6-8-20(14-18)32-3)23(30)21(25-28)22(29)26-9-4-5-10-26/h6-8,11-14H,4-5,9-10,15H2,1-3H3. The van der Waals surface area contributed by atoms with E-state index >= 15 is 0 Å². The van der Waals surface area contributed by atoms with Crippen molar-refractivity contribution in [3.63, 3.8) is 0 Å². The number of aromatic nitrogens is 3. The summed E-state index contributed by atoms with van der Waals surface area (Å²) in [5, 5.41) is 4.26. The van der Waals surface area contributed by atoms with Gasteiger partial charge in [0.1, 0.15) is 5.75 Å². The predicted octanol–water partition coefficient (Wildman–Crippen LogP) is 2.30. The molecule has 3 aromatic rings. The van der Waals surface area contributed by atoms with Crippen LogP contribution in [-0.2, 0) is 6.54 Å². The van der Waals surface area contributed by atoms with Crippen molar-refractivity contribution < 1.29 is 9.53 Å². The van der Waals surface area contributed by atoms with Crippen molar-refractivity contribution in [3.05, 3.63) is 85.7 Å². The van der Waals surface area contributed by atoms with Gasteiger partial charge in [0.25, 0.3) is 11.5 Å². The van der Waals surface area contributed by atoms with Crippen LogP contribution in [0, 0.1) is 13.8 Å². The molecule has 8 heteroatoms. The highest BCUT2D eigenvalue weighted by Gasteiger charge is 2.26. The molecule has 0 atom stereocenters. The van der Waals surface area contributed by atoms with Gasteiger partial charge < -0.3 is 9.64 Å². The first-order valence-corrected chi connectivity index (χ1v) is 10.6. The molecule has 1 amide bonds. The molecule has 1 aliphatic rings. The molecule has 0 unspecified atom stereocenters. The molecule has 2 aromatic carbocycles. The van der Waals surface area contributed by atoms with Crippen molar-refractivity contribution in [1.82, 2.24) is 19.2 Å². The smallest absolute Gasteiger partial charge is 0.352 e. The highest BCUT2D eigenvalue weighted by atomic mass is 16.5. The fourth-order valence-electron chi connectivity index (χ4n) is 4.05. The second-order valence-electron chi connectivity index (χ2n) is 8.13. The Morgan fingerprint density at radius 3 is 2.38 bits per heavy atom. The van der Waals surface area contributed by atoms with Gasteiger partial charge in [-0.05, 0) is 67.6 Å². The second-order valence-corrected chi connectivity index (χ2v) is 8.13. The molecule has 0 saturated carbocycles. The van der Waals surface area contributed by atoms with Crippen LogP contribution in [0.15, 0.2) is 52.1 Å². The van der Waals surface area contributed by atoms with Gasteiger partial charge in [-0.1, -0.05) is 18.2 Å². The summed E-state index contributed by atoms with van der Waals surface area (Å²) in [7, 11) is 1.55. The largest absolute Gasteiger partial charge is 0.497 e. The van der Waals surface area contributed by atoms with Crippen LogP contribution < -0.4 is 16.0 Å². The maximum atomic E-state index is 13.4. The summed E-state index contributed by atoms with van der Waals surface area (Å²) in [4.78, 5) is 41.4. The fourth-order valence-corrected chi connectivity index (χ4v) is 4.05. The Bertz CT molecular complexity index is 1270. The Morgan fingerprint density at radius 1 is 1.03 bits per heavy atom. The molecule has 0 spiro atoms. The maximum Gasteiger partial charge on any atom is 0.352 e. The van der Waals surface area contributed by atoms with E-state index in [4.69, 9.17) is 4.74 Å². The number of methoxy groups -OCH3 is 1. The third-order valence-electron chi connectivity index (χ3n) is 5.58. The molecule has 4 rings (SSSR count). The van der Waals surface area contributed by atoms with Crippen LogP contribution in [0.2, 0.25) is 0 Å². The molecule has 1 aromatic heterocycles. The van der Waals surface area contributed by atoms with Gasteiger partial charge in [0, 0.05) is 13.1 Å². The summed E-state index contributed by atoms with van der Waals surface area (Å²) in [5.74, 6) is 0.178. The van der Waals surface area contributed by atoms with Gasteiger partial charge in [0.2, 0.25) is 5.69 Å². The van der Waals surface area contributed by atoms with Crippen molar-refractivity contribution in [1.29, 1.82) is 0 Å². The Labute approximate surface area is 185 Å². The third kappa shape index (κ3) is 4.21. The first-order valence-electron chi connectivity index (χ1n) is 10.6. The molecule has 1 aliphatic heterocycles. The maximum absolute atomic E-state index is 13.4. The Hall–Kier alpha value is -3.68. The molecule has 1 saturated heterocycles. The fraction of sp³-hybridized carbons (Fsp3) is 0.333. The van der Waals surface area contributed by atoms with E-state index < -0.39 is 17.2 Å². The van der Waals surface area contributed by atoms with Crippen LogP contribution in [-0.4, -0.2) is 45.4 Å². The number of aryl methyl sites for hydroxylation is 2. The van der Waals surface area contributed by atoms with Crippen molar-refractivity contribution in [3.8, 4) is 11.4 Å². The van der Waals surface area contributed by atoms with E-state index in [0.29, 0.717) is 30.1 Å². The normalized spacial score (nSPS) is 13.4. The van der Waals surface area contributed by atoms with E-state index in [1.54, 1.807) is 36.3 Å². The minimum absolute atomic E-state index is 0.00244. The van der Waals surface area contributed by atoms with Crippen molar-refractivity contribution >= 4 is 5.91 Å². The highest BCUT2D eigenvalue weighted by Crippen LogP contribution is 2.15. The number of nitrogens with zero attached hydrogens (tertiary/aromatic N) is 4. The Kier molecular flexibility index (Phi) is 5.94. The van der Waals surface area contributed by atoms with Crippen molar-refractivity contribution in [2.24, 2.45) is 0 Å². The van der Waals surface area contributed by atoms with Crippen molar-refractivity contribution in [2.75, 3.05) is 20.2 Å². The average molecular weight is 434 g/mol. The minimum Gasteiger partial charge on any atom is -0.497 e. The van der Waals surface area contributed by atoms with Crippen LogP contribution in [0.1, 0.15) is 40.0 Å². The number of benzene rings is 2. The van der Waals surface area contributed by atoms with Gasteiger partial charge >= 0.3 is 5.69 Å². The number of ether oxygens (including phenoxy) is 1. The van der Waals surface area contributed by atoms with Crippen LogP contribution in [0.25, 0.3) is 5.69 Å². The van der Waals surface area contributed by atoms with Crippen LogP contribution >= 0.6 is 0 Å². The second kappa shape index (κ2) is 8.82. The zero-order valence-electron chi connectivity index (χ0n) is 18.5. The SMILES string of the molecule is COc1cccc(Cn2c(=O)c(C(=O)N3CCCC3)nn(-c3cc(C)cc(C)c3)c2=O)c1. The van der Waals surface area contributed by atoms with Gasteiger partial charge in [0.15, 0.2) is 0 Å². The molecule has 32 heavy (non-hydrogen) atoms. The zero-order chi connectivity index (χ0) is 22.8. The van der Waals surface area contributed by atoms with E-state index in [1.165, 1.54) is 0 Å². The third-order valence-corrected chi connectivity index (χ3v) is 5.58. The van der Waals surface area contributed by atoms with Crippen LogP contribution in [0.4, 0.5) is 0 Å². The van der Waals surface area contributed by atoms with Gasteiger partial charge in [-0.25, -0.2) is 4.79 Å². The molecule has 0 aliphatic carbocycles. The summed E-state index contributed by atoms with van der Waals surface area (Å²) < 4.78 is 7.49. The number of carbonyl (C=O) groups excluding carboxylic acids is 1. The quantitative estimate of drug-likeness (QED) is 0.615. The van der Waals surface area contributed by atoms with Crippen LogP contribution in [0.3, 0.4) is 0 Å². The van der Waals surface area contributed by atoms with E-state index in [1.807, 2.05) is 32.0 Å². The zero-order valence-corrected chi connectivity index (χ0v) is 18.5. The molecule has 8 nitrogen and oxygen atoms in total. The molecular weight excluding hydrogens is 408 g/mol. The highest BCUT2D eigenvalue weighted by molar-refractivity contribution is 5.92. The summed E-state index contributed by atoms with van der Waals surface area (Å²) in [6.07, 6.45) is 1.78. The average Bonchev–Trinajstić information content (AvgIpc) is 3.31. The van der Waals surface area contributed by atoms with Crippen molar-refractivity contribution in [2.45, 2.75) is 33.2 Å². The lowest BCUT2D eigenvalue weighted by atomic mass is 10.1. The number of hydrogen-bond donors (Lipinski definition) is 0. The molecule has 1 fully saturated rings. The number of carbonyl (C=O) groups is 1. The summed E-state index contributed by atoms with van der Waals surface area (Å²) in [6.45, 7) is 5.01. The molecule has 0 bridgehead atoms. The first kappa shape index (κ1) is 21.5. The number of hydrogen-bond acceptors (Lipinski definition) is 5. The van der Waals surface area contributed by atoms with Gasteiger partial charge in [-0.15, -0.1) is 0 Å². The minimum atomic E-state index is -0.685. The number of amides is 1. The van der Waals surface area contributed by atoms with Gasteiger partial charge in [-0.2, -0.15) is 9.78 Å². The van der Waals surface area contributed by atoms with E-state index in [-0.39, 0.29) is 12.2 Å². The summed E-state index contributed by atoms with van der Waals surface area (Å²) >= 11 is 0. The molecule has 0 N–H and O–H groups in total. The lowest BCUT2D eigenvalue weighted by molar-refractivity contribution is 0.0781. The van der Waals surface area contributed by atoms with E-state index in [2.05, 4.69) is 5.10 Å². The lowest BCUT2D eigenvalue weighted by Gasteiger charge is -2.17. The molecule has 0 radical (unpaired) electrons.